The Kier molecular flexibility index (Phi) is 5.57. The number of ether oxygens (including phenoxy) is 1. The van der Waals surface area contributed by atoms with Gasteiger partial charge in [0.05, 0.1) is 6.61 Å². The molecule has 0 radical (unpaired) electrons. The molecule has 0 heterocycles. The molecule has 0 aliphatic heterocycles. The molecule has 21 heavy (non-hydrogen) atoms. The van der Waals surface area contributed by atoms with E-state index >= 15 is 0 Å². The molecule has 2 nitrogen and oxygen atoms in total. The van der Waals surface area contributed by atoms with Crippen LogP contribution in [-0.2, 0) is 0 Å². The summed E-state index contributed by atoms with van der Waals surface area (Å²) in [7, 11) is 0. The lowest BCUT2D eigenvalue weighted by Gasteiger charge is -2.09. The smallest absolute Gasteiger partial charge is 0.119 e. The monoisotopic (exact) mass is 301 g/mol. The summed E-state index contributed by atoms with van der Waals surface area (Å²) in [4.78, 5) is 1.27. The van der Waals surface area contributed by atoms with Crippen LogP contribution in [0.3, 0.4) is 0 Å². The fourth-order valence-corrected chi connectivity index (χ4v) is 3.23. The van der Waals surface area contributed by atoms with Crippen LogP contribution in [0.25, 0.3) is 0 Å². The number of nitrogen functional groups attached to an aromatic ring is 1. The van der Waals surface area contributed by atoms with Gasteiger partial charge in [0, 0.05) is 16.3 Å². The van der Waals surface area contributed by atoms with E-state index in [9.17, 15) is 0 Å². The summed E-state index contributed by atoms with van der Waals surface area (Å²) in [6, 6.07) is 12.4. The van der Waals surface area contributed by atoms with Crippen molar-refractivity contribution in [3.05, 3.63) is 53.1 Å². The molecule has 2 rings (SSSR count). The van der Waals surface area contributed by atoms with E-state index in [4.69, 9.17) is 10.5 Å². The number of hydrogen-bond acceptors (Lipinski definition) is 3. The van der Waals surface area contributed by atoms with Gasteiger partial charge >= 0.3 is 0 Å². The number of benzene rings is 2. The van der Waals surface area contributed by atoms with Crippen molar-refractivity contribution in [2.24, 2.45) is 0 Å². The lowest BCUT2D eigenvalue weighted by atomic mass is 10.1. The van der Waals surface area contributed by atoms with Gasteiger partial charge in [0.25, 0.3) is 0 Å². The summed E-state index contributed by atoms with van der Waals surface area (Å²) in [5.41, 5.74) is 10.5. The van der Waals surface area contributed by atoms with E-state index < -0.39 is 0 Å². The van der Waals surface area contributed by atoms with E-state index in [0.29, 0.717) is 0 Å². The maximum absolute atomic E-state index is 5.92. The van der Waals surface area contributed by atoms with Gasteiger partial charge in [-0.2, -0.15) is 0 Å². The van der Waals surface area contributed by atoms with Gasteiger partial charge in [-0.15, -0.1) is 11.8 Å². The van der Waals surface area contributed by atoms with Crippen LogP contribution in [0.15, 0.2) is 41.3 Å². The minimum Gasteiger partial charge on any atom is -0.494 e. The van der Waals surface area contributed by atoms with Crippen LogP contribution in [-0.4, -0.2) is 12.4 Å². The Morgan fingerprint density at radius 2 is 1.76 bits per heavy atom. The molecule has 0 fully saturated rings. The van der Waals surface area contributed by atoms with Gasteiger partial charge < -0.3 is 10.5 Å². The number of aryl methyl sites for hydroxylation is 2. The molecule has 0 aromatic heterocycles. The largest absolute Gasteiger partial charge is 0.494 e. The van der Waals surface area contributed by atoms with Crippen molar-refractivity contribution in [3.8, 4) is 5.75 Å². The second-order valence-electron chi connectivity index (χ2n) is 5.34. The molecule has 0 bridgehead atoms. The molecule has 0 unspecified atom stereocenters. The molecule has 0 atom stereocenters. The SMILES string of the molecule is Cc1cc(C)cc(OCCCSc2cccc(N)c2C)c1. The zero-order valence-electron chi connectivity index (χ0n) is 13.0. The molecule has 112 valence electrons. The number of thioether (sulfide) groups is 1. The molecule has 0 saturated carbocycles. The standard InChI is InChI=1S/C18H23NOS/c1-13-10-14(2)12-16(11-13)20-8-5-9-21-18-7-4-6-17(19)15(18)3/h4,6-7,10-12H,5,8-9,19H2,1-3H3. The Labute approximate surface area is 131 Å². The molecule has 2 N–H and O–H groups in total. The van der Waals surface area contributed by atoms with Crippen molar-refractivity contribution >= 4 is 17.4 Å². The van der Waals surface area contributed by atoms with Gasteiger partial charge in [-0.3, -0.25) is 0 Å². The average molecular weight is 301 g/mol. The number of hydrogen-bond donors (Lipinski definition) is 1. The average Bonchev–Trinajstić information content (AvgIpc) is 2.42. The molecule has 0 spiro atoms. The third kappa shape index (κ3) is 4.71. The van der Waals surface area contributed by atoms with Crippen molar-refractivity contribution in [2.75, 3.05) is 18.1 Å². The summed E-state index contributed by atoms with van der Waals surface area (Å²) >= 11 is 1.84. The normalized spacial score (nSPS) is 10.6. The van der Waals surface area contributed by atoms with Crippen molar-refractivity contribution in [2.45, 2.75) is 32.1 Å². The van der Waals surface area contributed by atoms with Gasteiger partial charge in [0.15, 0.2) is 0 Å². The Morgan fingerprint density at radius 3 is 2.48 bits per heavy atom. The highest BCUT2D eigenvalue weighted by Gasteiger charge is 2.02. The van der Waals surface area contributed by atoms with Crippen molar-refractivity contribution < 1.29 is 4.74 Å². The highest BCUT2D eigenvalue weighted by atomic mass is 32.2. The Bertz CT molecular complexity index is 590. The van der Waals surface area contributed by atoms with Crippen LogP contribution in [0.5, 0.6) is 5.75 Å². The van der Waals surface area contributed by atoms with Crippen LogP contribution in [0.1, 0.15) is 23.1 Å². The van der Waals surface area contributed by atoms with E-state index in [0.717, 1.165) is 30.2 Å². The first-order valence-electron chi connectivity index (χ1n) is 7.25. The lowest BCUT2D eigenvalue weighted by Crippen LogP contribution is -1.99. The molecule has 2 aromatic carbocycles. The zero-order valence-corrected chi connectivity index (χ0v) is 13.8. The molecule has 0 saturated heterocycles. The van der Waals surface area contributed by atoms with Gasteiger partial charge in [0.2, 0.25) is 0 Å². The van der Waals surface area contributed by atoms with Crippen LogP contribution >= 0.6 is 11.8 Å². The first-order valence-corrected chi connectivity index (χ1v) is 8.24. The Hall–Kier alpha value is -1.61. The van der Waals surface area contributed by atoms with Crippen LogP contribution in [0, 0.1) is 20.8 Å². The third-order valence-corrected chi connectivity index (χ3v) is 4.58. The quantitative estimate of drug-likeness (QED) is 0.475. The van der Waals surface area contributed by atoms with Crippen LogP contribution in [0.4, 0.5) is 5.69 Å². The van der Waals surface area contributed by atoms with Gasteiger partial charge in [0.1, 0.15) is 5.75 Å². The number of anilines is 1. The first-order chi connectivity index (χ1) is 10.1. The van der Waals surface area contributed by atoms with Crippen LogP contribution < -0.4 is 10.5 Å². The lowest BCUT2D eigenvalue weighted by molar-refractivity contribution is 0.318. The minimum atomic E-state index is 0.747. The number of rotatable bonds is 6. The molecular formula is C18H23NOS. The van der Waals surface area contributed by atoms with Crippen molar-refractivity contribution in [3.63, 3.8) is 0 Å². The van der Waals surface area contributed by atoms with E-state index in [2.05, 4.69) is 45.0 Å². The minimum absolute atomic E-state index is 0.747. The Morgan fingerprint density at radius 1 is 1.05 bits per heavy atom. The van der Waals surface area contributed by atoms with Gasteiger partial charge in [-0.05, 0) is 68.1 Å². The molecule has 0 amide bonds. The summed E-state index contributed by atoms with van der Waals surface area (Å²) in [6.07, 6.45) is 1.02. The Balaban J connectivity index is 1.76. The molecule has 2 aromatic rings. The maximum Gasteiger partial charge on any atom is 0.119 e. The van der Waals surface area contributed by atoms with Gasteiger partial charge in [-0.25, -0.2) is 0 Å². The topological polar surface area (TPSA) is 35.2 Å². The van der Waals surface area contributed by atoms with E-state index in [1.165, 1.54) is 21.6 Å². The summed E-state index contributed by atoms with van der Waals surface area (Å²) in [5.74, 6) is 2.01. The molecule has 0 aliphatic rings. The van der Waals surface area contributed by atoms with E-state index in [-0.39, 0.29) is 0 Å². The first kappa shape index (κ1) is 15.8. The highest BCUT2D eigenvalue weighted by Crippen LogP contribution is 2.26. The highest BCUT2D eigenvalue weighted by molar-refractivity contribution is 7.99. The maximum atomic E-state index is 5.92. The fourth-order valence-electron chi connectivity index (χ4n) is 2.24. The molecule has 3 heteroatoms. The second-order valence-corrected chi connectivity index (χ2v) is 6.48. The fraction of sp³-hybridized carbons (Fsp3) is 0.333. The van der Waals surface area contributed by atoms with Gasteiger partial charge in [-0.1, -0.05) is 12.1 Å². The molecule has 0 aliphatic carbocycles. The van der Waals surface area contributed by atoms with E-state index in [1.807, 2.05) is 23.9 Å². The van der Waals surface area contributed by atoms with E-state index in [1.54, 1.807) is 0 Å². The van der Waals surface area contributed by atoms with Crippen LogP contribution in [0.2, 0.25) is 0 Å². The van der Waals surface area contributed by atoms with Crippen molar-refractivity contribution in [1.29, 1.82) is 0 Å². The number of nitrogens with two attached hydrogens (primary N) is 1. The second kappa shape index (κ2) is 7.41. The summed E-state index contributed by atoms with van der Waals surface area (Å²) in [5, 5.41) is 0. The zero-order chi connectivity index (χ0) is 15.2. The molecular weight excluding hydrogens is 278 g/mol. The summed E-state index contributed by atoms with van der Waals surface area (Å²) < 4.78 is 5.82. The summed E-state index contributed by atoms with van der Waals surface area (Å²) in [6.45, 7) is 7.01. The third-order valence-electron chi connectivity index (χ3n) is 3.34. The van der Waals surface area contributed by atoms with Crippen molar-refractivity contribution in [1.82, 2.24) is 0 Å². The predicted molar refractivity (Wildman–Crippen MR) is 92.3 cm³/mol. The predicted octanol–water partition coefficient (Wildman–Crippen LogP) is 4.76.